The van der Waals surface area contributed by atoms with Gasteiger partial charge in [0.2, 0.25) is 0 Å². The molecule has 1 aliphatic carbocycles. The van der Waals surface area contributed by atoms with Gasteiger partial charge in [0, 0.05) is 18.5 Å². The lowest BCUT2D eigenvalue weighted by atomic mass is 9.79. The van der Waals surface area contributed by atoms with Gasteiger partial charge in [0.25, 0.3) is 11.8 Å². The molecule has 5 rings (SSSR count). The molecule has 0 saturated carbocycles. The molecule has 2 aromatic rings. The molecule has 5 nitrogen and oxygen atoms in total. The number of methoxy groups -OCH3 is 1. The van der Waals surface area contributed by atoms with Gasteiger partial charge < -0.3 is 4.74 Å². The Kier molecular flexibility index (Phi) is 5.07. The minimum atomic E-state index is -0.144. The van der Waals surface area contributed by atoms with Crippen molar-refractivity contribution in [2.24, 2.45) is 0 Å². The summed E-state index contributed by atoms with van der Waals surface area (Å²) in [6.07, 6.45) is 5.30. The SMILES string of the molecule is COc1cccc2c1CCC1C2CCN1CCCCN1C(=O)c2ccccc2C1=O. The van der Waals surface area contributed by atoms with Gasteiger partial charge >= 0.3 is 0 Å². The molecule has 2 atom stereocenters. The number of likely N-dealkylation sites (tertiary alicyclic amines) is 1. The van der Waals surface area contributed by atoms with Crippen LogP contribution in [0, 0.1) is 0 Å². The van der Waals surface area contributed by atoms with E-state index in [4.69, 9.17) is 4.74 Å². The number of imide groups is 1. The first-order valence-corrected chi connectivity index (χ1v) is 11.0. The fourth-order valence-electron chi connectivity index (χ4n) is 5.65. The van der Waals surface area contributed by atoms with Crippen molar-refractivity contribution < 1.29 is 14.3 Å². The lowest BCUT2D eigenvalue weighted by molar-refractivity contribution is 0.0650. The Balaban J connectivity index is 1.16. The monoisotopic (exact) mass is 404 g/mol. The quantitative estimate of drug-likeness (QED) is 0.542. The van der Waals surface area contributed by atoms with E-state index in [9.17, 15) is 9.59 Å². The van der Waals surface area contributed by atoms with Crippen LogP contribution >= 0.6 is 0 Å². The largest absolute Gasteiger partial charge is 0.496 e. The summed E-state index contributed by atoms with van der Waals surface area (Å²) in [5, 5.41) is 0. The first-order valence-electron chi connectivity index (χ1n) is 11.0. The molecule has 0 bridgehead atoms. The standard InChI is InChI=1S/C25H28N2O3/c1-30-23-10-6-9-17-18-13-16-26(22(18)12-11-19(17)23)14-4-5-15-27-24(28)20-7-2-3-8-21(20)25(27)29/h2-3,6-10,18,22H,4-5,11-16H2,1H3. The van der Waals surface area contributed by atoms with Crippen molar-refractivity contribution in [3.63, 3.8) is 0 Å². The predicted octanol–water partition coefficient (Wildman–Crippen LogP) is 3.88. The lowest BCUT2D eigenvalue weighted by Gasteiger charge is -2.34. The summed E-state index contributed by atoms with van der Waals surface area (Å²) in [4.78, 5) is 29.0. The first-order chi connectivity index (χ1) is 14.7. The molecule has 1 saturated heterocycles. The van der Waals surface area contributed by atoms with E-state index >= 15 is 0 Å². The molecule has 2 amide bonds. The Morgan fingerprint density at radius 2 is 1.67 bits per heavy atom. The van der Waals surface area contributed by atoms with E-state index in [0.717, 1.165) is 38.1 Å². The van der Waals surface area contributed by atoms with Crippen LogP contribution in [0.25, 0.3) is 0 Å². The molecule has 0 radical (unpaired) electrons. The van der Waals surface area contributed by atoms with E-state index in [2.05, 4.69) is 23.1 Å². The zero-order valence-corrected chi connectivity index (χ0v) is 17.5. The summed E-state index contributed by atoms with van der Waals surface area (Å²) >= 11 is 0. The van der Waals surface area contributed by atoms with Gasteiger partial charge in [-0.15, -0.1) is 0 Å². The second-order valence-corrected chi connectivity index (χ2v) is 8.58. The topological polar surface area (TPSA) is 49.9 Å². The molecule has 30 heavy (non-hydrogen) atoms. The van der Waals surface area contributed by atoms with Crippen LogP contribution in [0.1, 0.15) is 63.4 Å². The summed E-state index contributed by atoms with van der Waals surface area (Å²) in [6.45, 7) is 2.66. The molecule has 2 unspecified atom stereocenters. The van der Waals surface area contributed by atoms with E-state index in [1.807, 2.05) is 12.1 Å². The first kappa shape index (κ1) is 19.3. The third-order valence-corrected chi connectivity index (χ3v) is 7.09. The van der Waals surface area contributed by atoms with Gasteiger partial charge in [0.1, 0.15) is 5.75 Å². The minimum absolute atomic E-state index is 0.144. The maximum absolute atomic E-state index is 12.5. The highest BCUT2D eigenvalue weighted by atomic mass is 16.5. The summed E-state index contributed by atoms with van der Waals surface area (Å²) in [5.74, 6) is 1.34. The van der Waals surface area contributed by atoms with Crippen molar-refractivity contribution in [3.8, 4) is 5.75 Å². The molecule has 0 N–H and O–H groups in total. The van der Waals surface area contributed by atoms with Crippen molar-refractivity contribution in [3.05, 3.63) is 64.7 Å². The molecule has 1 fully saturated rings. The maximum Gasteiger partial charge on any atom is 0.261 e. The number of hydrogen-bond donors (Lipinski definition) is 0. The second-order valence-electron chi connectivity index (χ2n) is 8.58. The van der Waals surface area contributed by atoms with Crippen molar-refractivity contribution >= 4 is 11.8 Å². The highest BCUT2D eigenvalue weighted by Gasteiger charge is 2.39. The lowest BCUT2D eigenvalue weighted by Crippen LogP contribution is -2.36. The number of hydrogen-bond acceptors (Lipinski definition) is 4. The van der Waals surface area contributed by atoms with E-state index in [-0.39, 0.29) is 11.8 Å². The van der Waals surface area contributed by atoms with E-state index < -0.39 is 0 Å². The van der Waals surface area contributed by atoms with Gasteiger partial charge in [-0.1, -0.05) is 24.3 Å². The third kappa shape index (κ3) is 3.12. The van der Waals surface area contributed by atoms with Gasteiger partial charge in [-0.25, -0.2) is 0 Å². The Morgan fingerprint density at radius 1 is 0.933 bits per heavy atom. The van der Waals surface area contributed by atoms with Crippen LogP contribution in [-0.4, -0.2) is 54.4 Å². The summed E-state index contributed by atoms with van der Waals surface area (Å²) in [6, 6.07) is 14.2. The molecule has 2 heterocycles. The van der Waals surface area contributed by atoms with Crippen LogP contribution < -0.4 is 4.74 Å². The molecular weight excluding hydrogens is 376 g/mol. The van der Waals surface area contributed by atoms with Crippen LogP contribution in [0.15, 0.2) is 42.5 Å². The Bertz CT molecular complexity index is 951. The fourth-order valence-corrected chi connectivity index (χ4v) is 5.65. The van der Waals surface area contributed by atoms with Gasteiger partial charge in [0.15, 0.2) is 0 Å². The van der Waals surface area contributed by atoms with Gasteiger partial charge in [-0.3, -0.25) is 19.4 Å². The molecular formula is C25H28N2O3. The summed E-state index contributed by atoms with van der Waals surface area (Å²) < 4.78 is 5.58. The third-order valence-electron chi connectivity index (χ3n) is 7.09. The highest BCUT2D eigenvalue weighted by molar-refractivity contribution is 6.21. The van der Waals surface area contributed by atoms with Gasteiger partial charge in [-0.05, 0) is 74.5 Å². The van der Waals surface area contributed by atoms with Crippen molar-refractivity contribution in [2.45, 2.75) is 44.1 Å². The van der Waals surface area contributed by atoms with Gasteiger partial charge in [-0.2, -0.15) is 0 Å². The number of rotatable bonds is 6. The zero-order valence-electron chi connectivity index (χ0n) is 17.5. The predicted molar refractivity (Wildman–Crippen MR) is 115 cm³/mol. The average molecular weight is 405 g/mol. The van der Waals surface area contributed by atoms with Crippen LogP contribution in [0.2, 0.25) is 0 Å². The molecule has 2 aromatic carbocycles. The molecule has 5 heteroatoms. The Hall–Kier alpha value is -2.66. The molecule has 0 aromatic heterocycles. The van der Waals surface area contributed by atoms with Crippen LogP contribution in [-0.2, 0) is 6.42 Å². The van der Waals surface area contributed by atoms with E-state index in [0.29, 0.717) is 29.6 Å². The van der Waals surface area contributed by atoms with E-state index in [1.54, 1.807) is 19.2 Å². The normalized spacial score (nSPS) is 22.8. The van der Waals surface area contributed by atoms with Crippen LogP contribution in [0.3, 0.4) is 0 Å². The highest BCUT2D eigenvalue weighted by Crippen LogP contribution is 2.44. The number of carbonyl (C=O) groups is 2. The minimum Gasteiger partial charge on any atom is -0.496 e. The molecule has 3 aliphatic rings. The van der Waals surface area contributed by atoms with Crippen LogP contribution in [0.5, 0.6) is 5.75 Å². The number of fused-ring (bicyclic) bond motifs is 4. The number of unbranched alkanes of at least 4 members (excludes halogenated alkanes) is 1. The zero-order chi connectivity index (χ0) is 20.7. The van der Waals surface area contributed by atoms with Gasteiger partial charge in [0.05, 0.1) is 18.2 Å². The number of benzene rings is 2. The fraction of sp³-hybridized carbons (Fsp3) is 0.440. The van der Waals surface area contributed by atoms with Crippen molar-refractivity contribution in [1.29, 1.82) is 0 Å². The molecule has 156 valence electrons. The number of ether oxygens (including phenoxy) is 1. The summed E-state index contributed by atoms with van der Waals surface area (Å²) in [7, 11) is 1.76. The Labute approximate surface area is 177 Å². The van der Waals surface area contributed by atoms with Crippen molar-refractivity contribution in [1.82, 2.24) is 9.80 Å². The maximum atomic E-state index is 12.5. The average Bonchev–Trinajstić information content (AvgIpc) is 3.31. The number of nitrogens with zero attached hydrogens (tertiary/aromatic N) is 2. The van der Waals surface area contributed by atoms with Crippen molar-refractivity contribution in [2.75, 3.05) is 26.7 Å². The Morgan fingerprint density at radius 3 is 2.40 bits per heavy atom. The molecule has 0 spiro atoms. The summed E-state index contributed by atoms with van der Waals surface area (Å²) in [5.41, 5.74) is 3.95. The molecule has 2 aliphatic heterocycles. The van der Waals surface area contributed by atoms with Crippen LogP contribution in [0.4, 0.5) is 0 Å². The second kappa shape index (κ2) is 7.88. The number of carbonyl (C=O) groups excluding carboxylic acids is 2. The smallest absolute Gasteiger partial charge is 0.261 e. The number of amides is 2. The van der Waals surface area contributed by atoms with E-state index in [1.165, 1.54) is 28.9 Å².